The highest BCUT2D eigenvalue weighted by Gasteiger charge is 2.33. The number of aliphatic imine (C=N–C) groups is 1. The van der Waals surface area contributed by atoms with Crippen LogP contribution in [-0.2, 0) is 21.1 Å². The molecular formula is C24H22F2N4O4S. The van der Waals surface area contributed by atoms with Crippen molar-refractivity contribution in [3.8, 4) is 11.1 Å². The molecule has 0 bridgehead atoms. The SMILES string of the molecule is Nc1c(F)c(-c2ccccc2)c(CCC(=O)O)c(S(=O)(=O)c2cccc(NC3=NCCN3)c2)c1F. The van der Waals surface area contributed by atoms with E-state index in [0.29, 0.717) is 24.7 Å². The number of aliphatic carboxylic acids is 1. The summed E-state index contributed by atoms with van der Waals surface area (Å²) in [5.41, 5.74) is 4.82. The maximum Gasteiger partial charge on any atom is 0.303 e. The lowest BCUT2D eigenvalue weighted by atomic mass is 9.94. The summed E-state index contributed by atoms with van der Waals surface area (Å²) >= 11 is 0. The van der Waals surface area contributed by atoms with E-state index in [4.69, 9.17) is 5.73 Å². The molecule has 11 heteroatoms. The van der Waals surface area contributed by atoms with Crippen molar-refractivity contribution in [2.24, 2.45) is 4.99 Å². The van der Waals surface area contributed by atoms with Gasteiger partial charge in [0.05, 0.1) is 11.4 Å². The van der Waals surface area contributed by atoms with Gasteiger partial charge in [-0.3, -0.25) is 9.79 Å². The first kappa shape index (κ1) is 24.1. The fourth-order valence-corrected chi connectivity index (χ4v) is 5.52. The monoisotopic (exact) mass is 500 g/mol. The molecule has 0 aliphatic carbocycles. The minimum atomic E-state index is -4.59. The number of hydrogen-bond donors (Lipinski definition) is 4. The lowest BCUT2D eigenvalue weighted by Gasteiger charge is -2.19. The lowest BCUT2D eigenvalue weighted by molar-refractivity contribution is -0.136. The molecule has 5 N–H and O–H groups in total. The molecule has 0 spiro atoms. The second-order valence-electron chi connectivity index (χ2n) is 7.80. The molecule has 0 amide bonds. The van der Waals surface area contributed by atoms with Crippen molar-refractivity contribution in [2.45, 2.75) is 22.6 Å². The van der Waals surface area contributed by atoms with Crippen LogP contribution in [0.4, 0.5) is 20.2 Å². The van der Waals surface area contributed by atoms with Crippen molar-refractivity contribution in [3.05, 3.63) is 71.8 Å². The van der Waals surface area contributed by atoms with E-state index in [9.17, 15) is 18.3 Å². The Morgan fingerprint density at radius 2 is 1.86 bits per heavy atom. The molecular weight excluding hydrogens is 478 g/mol. The van der Waals surface area contributed by atoms with Crippen LogP contribution < -0.4 is 16.4 Å². The van der Waals surface area contributed by atoms with Crippen LogP contribution in [-0.4, -0.2) is 38.5 Å². The molecule has 1 heterocycles. The highest BCUT2D eigenvalue weighted by Crippen LogP contribution is 2.40. The zero-order valence-corrected chi connectivity index (χ0v) is 19.2. The molecule has 0 unspecified atom stereocenters. The minimum Gasteiger partial charge on any atom is -0.481 e. The Labute approximate surface area is 200 Å². The molecule has 0 atom stereocenters. The molecule has 1 aliphatic heterocycles. The van der Waals surface area contributed by atoms with Crippen LogP contribution in [0.1, 0.15) is 12.0 Å². The Bertz CT molecular complexity index is 1430. The number of hydrogen-bond acceptors (Lipinski definition) is 7. The lowest BCUT2D eigenvalue weighted by Crippen LogP contribution is -2.26. The number of carboxylic acid groups (broad SMARTS) is 1. The van der Waals surface area contributed by atoms with Crippen LogP contribution in [0.3, 0.4) is 0 Å². The van der Waals surface area contributed by atoms with E-state index < -0.39 is 50.9 Å². The minimum absolute atomic E-state index is 0.245. The third-order valence-electron chi connectivity index (χ3n) is 5.47. The molecule has 1 aliphatic rings. The fraction of sp³-hybridized carbons (Fsp3) is 0.167. The highest BCUT2D eigenvalue weighted by atomic mass is 32.2. The van der Waals surface area contributed by atoms with Crippen molar-refractivity contribution in [1.29, 1.82) is 0 Å². The summed E-state index contributed by atoms with van der Waals surface area (Å²) in [6.45, 7) is 1.20. The predicted octanol–water partition coefficient (Wildman–Crippen LogP) is 3.44. The van der Waals surface area contributed by atoms with E-state index in [0.717, 1.165) is 0 Å². The number of nitrogen functional groups attached to an aromatic ring is 1. The van der Waals surface area contributed by atoms with Crippen molar-refractivity contribution in [2.75, 3.05) is 24.1 Å². The van der Waals surface area contributed by atoms with Gasteiger partial charge in [-0.15, -0.1) is 0 Å². The van der Waals surface area contributed by atoms with E-state index >= 15 is 8.78 Å². The van der Waals surface area contributed by atoms with Crippen molar-refractivity contribution >= 4 is 33.1 Å². The van der Waals surface area contributed by atoms with Crippen molar-refractivity contribution in [3.63, 3.8) is 0 Å². The molecule has 35 heavy (non-hydrogen) atoms. The van der Waals surface area contributed by atoms with Gasteiger partial charge in [-0.25, -0.2) is 17.2 Å². The van der Waals surface area contributed by atoms with Crippen molar-refractivity contribution < 1.29 is 27.1 Å². The van der Waals surface area contributed by atoms with Crippen LogP contribution in [0.15, 0.2) is 69.4 Å². The van der Waals surface area contributed by atoms with Crippen LogP contribution >= 0.6 is 0 Å². The summed E-state index contributed by atoms with van der Waals surface area (Å²) in [6, 6.07) is 13.5. The van der Waals surface area contributed by atoms with Gasteiger partial charge >= 0.3 is 5.97 Å². The van der Waals surface area contributed by atoms with Crippen LogP contribution in [0.2, 0.25) is 0 Å². The predicted molar refractivity (Wildman–Crippen MR) is 128 cm³/mol. The number of sulfone groups is 1. The average Bonchev–Trinajstić information content (AvgIpc) is 3.35. The maximum absolute atomic E-state index is 15.4. The van der Waals surface area contributed by atoms with Gasteiger partial charge < -0.3 is 21.5 Å². The van der Waals surface area contributed by atoms with Gasteiger partial charge in [0, 0.05) is 24.2 Å². The van der Waals surface area contributed by atoms with E-state index in [1.165, 1.54) is 30.3 Å². The molecule has 3 aromatic carbocycles. The van der Waals surface area contributed by atoms with Gasteiger partial charge in [-0.2, -0.15) is 0 Å². The van der Waals surface area contributed by atoms with E-state index in [1.807, 2.05) is 0 Å². The van der Waals surface area contributed by atoms with E-state index in [2.05, 4.69) is 15.6 Å². The number of nitrogens with one attached hydrogen (secondary N) is 2. The highest BCUT2D eigenvalue weighted by molar-refractivity contribution is 7.91. The number of carboxylic acids is 1. The first-order chi connectivity index (χ1) is 16.7. The number of carbonyl (C=O) groups is 1. The first-order valence-corrected chi connectivity index (χ1v) is 12.2. The Balaban J connectivity index is 1.93. The fourth-order valence-electron chi connectivity index (χ4n) is 3.87. The number of guanidine groups is 1. The molecule has 0 saturated heterocycles. The molecule has 0 fully saturated rings. The summed E-state index contributed by atoms with van der Waals surface area (Å²) in [7, 11) is -4.59. The Morgan fingerprint density at radius 3 is 2.51 bits per heavy atom. The van der Waals surface area contributed by atoms with Gasteiger partial charge in [0.15, 0.2) is 17.6 Å². The topological polar surface area (TPSA) is 134 Å². The summed E-state index contributed by atoms with van der Waals surface area (Å²) in [6.07, 6.45) is -0.973. The van der Waals surface area contributed by atoms with Crippen LogP contribution in [0, 0.1) is 11.6 Å². The van der Waals surface area contributed by atoms with Gasteiger partial charge in [0.2, 0.25) is 9.84 Å². The summed E-state index contributed by atoms with van der Waals surface area (Å²) in [4.78, 5) is 14.4. The zero-order chi connectivity index (χ0) is 25.2. The number of rotatable bonds is 7. The Hall–Kier alpha value is -3.99. The molecule has 0 saturated carbocycles. The molecule has 0 aromatic heterocycles. The quantitative estimate of drug-likeness (QED) is 0.288. The Morgan fingerprint density at radius 1 is 1.11 bits per heavy atom. The third kappa shape index (κ3) is 4.80. The molecule has 8 nitrogen and oxygen atoms in total. The summed E-state index contributed by atoms with van der Waals surface area (Å²) < 4.78 is 58.1. The van der Waals surface area contributed by atoms with Gasteiger partial charge in [-0.1, -0.05) is 36.4 Å². The maximum atomic E-state index is 15.4. The van der Waals surface area contributed by atoms with Gasteiger partial charge in [0.25, 0.3) is 0 Å². The average molecular weight is 501 g/mol. The second kappa shape index (κ2) is 9.71. The number of anilines is 2. The second-order valence-corrected chi connectivity index (χ2v) is 9.68. The third-order valence-corrected chi connectivity index (χ3v) is 7.31. The molecule has 0 radical (unpaired) electrons. The van der Waals surface area contributed by atoms with E-state index in [-0.39, 0.29) is 21.6 Å². The van der Waals surface area contributed by atoms with Crippen LogP contribution in [0.25, 0.3) is 11.1 Å². The molecule has 4 rings (SSSR count). The zero-order valence-electron chi connectivity index (χ0n) is 18.4. The summed E-state index contributed by atoms with van der Waals surface area (Å²) in [5, 5.41) is 15.2. The van der Waals surface area contributed by atoms with E-state index in [1.54, 1.807) is 24.3 Å². The Kier molecular flexibility index (Phi) is 6.70. The largest absolute Gasteiger partial charge is 0.481 e. The number of halogens is 2. The molecule has 182 valence electrons. The van der Waals surface area contributed by atoms with Gasteiger partial charge in [0.1, 0.15) is 10.6 Å². The first-order valence-electron chi connectivity index (χ1n) is 10.7. The standard InChI is InChI=1S/C24H22F2N4O4S/c25-20-19(14-5-2-1-3-6-14)17(9-10-18(31)32)23(21(26)22(20)27)35(33,34)16-8-4-7-15(13-16)30-24-28-11-12-29-24/h1-8,13H,9-12,27H2,(H,31,32)(H2,28,29,30). The van der Waals surface area contributed by atoms with Crippen molar-refractivity contribution in [1.82, 2.24) is 5.32 Å². The van der Waals surface area contributed by atoms with Gasteiger partial charge in [-0.05, 0) is 35.7 Å². The number of benzene rings is 3. The summed E-state index contributed by atoms with van der Waals surface area (Å²) in [5.74, 6) is -3.39. The smallest absolute Gasteiger partial charge is 0.303 e. The van der Waals surface area contributed by atoms with Crippen LogP contribution in [0.5, 0.6) is 0 Å². The molecule has 3 aromatic rings. The normalized spacial score (nSPS) is 13.3. The number of nitrogens with two attached hydrogens (primary N) is 1. The number of nitrogens with zero attached hydrogens (tertiary/aromatic N) is 1.